The van der Waals surface area contributed by atoms with Crippen LogP contribution in [-0.4, -0.2) is 11.0 Å². The van der Waals surface area contributed by atoms with Gasteiger partial charge in [0.2, 0.25) is 0 Å². The second-order valence-corrected chi connectivity index (χ2v) is 3.06. The second-order valence-electron chi connectivity index (χ2n) is 3.06. The Bertz CT molecular complexity index is 509. The molecule has 0 saturated carbocycles. The highest BCUT2D eigenvalue weighted by Gasteiger charge is 2.09. The quantitative estimate of drug-likeness (QED) is 0.362. The van der Waals surface area contributed by atoms with Crippen LogP contribution in [0.3, 0.4) is 0 Å². The van der Waals surface area contributed by atoms with Crippen LogP contribution in [0, 0.1) is 5.82 Å². The third-order valence-corrected chi connectivity index (χ3v) is 1.89. The van der Waals surface area contributed by atoms with Gasteiger partial charge >= 0.3 is 0 Å². The third-order valence-electron chi connectivity index (χ3n) is 1.89. The number of carbonyl (C=O) groups is 1. The number of halogens is 1. The largest absolute Gasteiger partial charge is 0.392 e. The highest BCUT2D eigenvalue weighted by atomic mass is 19.1. The van der Waals surface area contributed by atoms with Crippen molar-refractivity contribution < 1.29 is 14.3 Å². The summed E-state index contributed by atoms with van der Waals surface area (Å²) < 4.78 is 13.4. The van der Waals surface area contributed by atoms with Crippen molar-refractivity contribution in [2.75, 3.05) is 5.32 Å². The number of azide groups is 1. The van der Waals surface area contributed by atoms with Crippen LogP contribution in [0.1, 0.15) is 5.56 Å². The maximum Gasteiger partial charge on any atom is 0.257 e. The van der Waals surface area contributed by atoms with Gasteiger partial charge in [-0.3, -0.25) is 4.79 Å². The van der Waals surface area contributed by atoms with Crippen molar-refractivity contribution in [3.63, 3.8) is 0 Å². The van der Waals surface area contributed by atoms with E-state index in [2.05, 4.69) is 21.9 Å². The van der Waals surface area contributed by atoms with Crippen LogP contribution in [0.25, 0.3) is 10.4 Å². The maximum atomic E-state index is 13.4. The summed E-state index contributed by atoms with van der Waals surface area (Å²) in [6.07, 6.45) is 0. The van der Waals surface area contributed by atoms with Gasteiger partial charge in [-0.1, -0.05) is 17.8 Å². The number of nitrogens with one attached hydrogen (secondary N) is 1. The lowest BCUT2D eigenvalue weighted by molar-refractivity contribution is -0.112. The van der Waals surface area contributed by atoms with Crippen LogP contribution in [0.5, 0.6) is 0 Å². The van der Waals surface area contributed by atoms with Crippen molar-refractivity contribution in [3.05, 3.63) is 52.3 Å². The second kappa shape index (κ2) is 5.64. The van der Waals surface area contributed by atoms with Gasteiger partial charge in [0.25, 0.3) is 5.91 Å². The van der Waals surface area contributed by atoms with Gasteiger partial charge in [-0.25, -0.2) is 4.39 Å². The number of carbonyl (C=O) groups excluding carboxylic acids is 1. The standard InChI is InChI=1S/C10H9FN4O2/c1-6(14-15-12)10(17)13-9-3-2-7(5-16)4-8(9)11/h2-4,16H,1,5H2,(H,13,17). The summed E-state index contributed by atoms with van der Waals surface area (Å²) in [6.45, 7) is 2.91. The lowest BCUT2D eigenvalue weighted by Gasteiger charge is -2.06. The van der Waals surface area contributed by atoms with E-state index < -0.39 is 11.7 Å². The number of anilines is 1. The van der Waals surface area contributed by atoms with Gasteiger partial charge in [0, 0.05) is 4.91 Å². The summed E-state index contributed by atoms with van der Waals surface area (Å²) >= 11 is 0. The molecule has 1 aromatic carbocycles. The smallest absolute Gasteiger partial charge is 0.257 e. The molecule has 1 rings (SSSR count). The molecule has 2 N–H and O–H groups in total. The van der Waals surface area contributed by atoms with E-state index in [1.807, 2.05) is 0 Å². The summed E-state index contributed by atoms with van der Waals surface area (Å²) in [7, 11) is 0. The SMILES string of the molecule is C=C(N=[N+]=[N-])C(=O)Nc1ccc(CO)cc1F. The Balaban J connectivity index is 2.85. The van der Waals surface area contributed by atoms with E-state index in [-0.39, 0.29) is 18.0 Å². The molecule has 0 aliphatic carbocycles. The summed E-state index contributed by atoms with van der Waals surface area (Å²) in [4.78, 5) is 13.7. The molecule has 1 aromatic rings. The van der Waals surface area contributed by atoms with Crippen LogP contribution in [0.4, 0.5) is 10.1 Å². The maximum absolute atomic E-state index is 13.4. The topological polar surface area (TPSA) is 98.1 Å². The predicted molar refractivity (Wildman–Crippen MR) is 59.2 cm³/mol. The molecule has 0 spiro atoms. The van der Waals surface area contributed by atoms with Crippen molar-refractivity contribution in [1.82, 2.24) is 0 Å². The molecule has 0 fully saturated rings. The molecule has 0 aliphatic heterocycles. The molecule has 88 valence electrons. The van der Waals surface area contributed by atoms with E-state index in [0.29, 0.717) is 5.56 Å². The fourth-order valence-electron chi connectivity index (χ4n) is 1.05. The zero-order chi connectivity index (χ0) is 12.8. The Morgan fingerprint density at radius 1 is 1.65 bits per heavy atom. The van der Waals surface area contributed by atoms with Crippen LogP contribution >= 0.6 is 0 Å². The minimum absolute atomic E-state index is 0.0820. The number of aliphatic hydroxyl groups excluding tert-OH is 1. The summed E-state index contributed by atoms with van der Waals surface area (Å²) in [5.41, 5.74) is 8.03. The van der Waals surface area contributed by atoms with Gasteiger partial charge < -0.3 is 10.4 Å². The fraction of sp³-hybridized carbons (Fsp3) is 0.100. The molecule has 7 heteroatoms. The van der Waals surface area contributed by atoms with Crippen LogP contribution in [0.15, 0.2) is 35.6 Å². The van der Waals surface area contributed by atoms with Gasteiger partial charge in [-0.15, -0.1) is 0 Å². The number of rotatable bonds is 4. The number of benzene rings is 1. The van der Waals surface area contributed by atoms with Crippen molar-refractivity contribution in [1.29, 1.82) is 0 Å². The van der Waals surface area contributed by atoms with Crippen molar-refractivity contribution in [2.24, 2.45) is 5.11 Å². The minimum atomic E-state index is -0.793. The number of aliphatic hydroxyl groups is 1. The lowest BCUT2D eigenvalue weighted by Crippen LogP contribution is -2.13. The monoisotopic (exact) mass is 236 g/mol. The predicted octanol–water partition coefficient (Wildman–Crippen LogP) is 2.08. The number of nitrogens with zero attached hydrogens (tertiary/aromatic N) is 3. The molecule has 0 aliphatic rings. The molecule has 0 unspecified atom stereocenters. The Morgan fingerprint density at radius 3 is 2.88 bits per heavy atom. The normalized spacial score (nSPS) is 9.29. The van der Waals surface area contributed by atoms with Crippen molar-refractivity contribution in [2.45, 2.75) is 6.61 Å². The Morgan fingerprint density at radius 2 is 2.35 bits per heavy atom. The first-order valence-electron chi connectivity index (χ1n) is 4.53. The number of hydrogen-bond acceptors (Lipinski definition) is 3. The van der Waals surface area contributed by atoms with Crippen LogP contribution < -0.4 is 5.32 Å². The van der Waals surface area contributed by atoms with E-state index >= 15 is 0 Å². The molecule has 0 bridgehead atoms. The van der Waals surface area contributed by atoms with Gasteiger partial charge in [0.1, 0.15) is 5.82 Å². The van der Waals surface area contributed by atoms with Crippen LogP contribution in [0.2, 0.25) is 0 Å². The van der Waals surface area contributed by atoms with Gasteiger partial charge in [-0.2, -0.15) is 0 Å². The number of amides is 1. The van der Waals surface area contributed by atoms with Crippen molar-refractivity contribution >= 4 is 11.6 Å². The first-order chi connectivity index (χ1) is 8.08. The Hall–Kier alpha value is -2.37. The highest BCUT2D eigenvalue weighted by molar-refractivity contribution is 6.03. The average molecular weight is 236 g/mol. The third kappa shape index (κ3) is 3.30. The molecular weight excluding hydrogens is 227 g/mol. The fourth-order valence-corrected chi connectivity index (χ4v) is 1.05. The zero-order valence-electron chi connectivity index (χ0n) is 8.72. The van der Waals surface area contributed by atoms with E-state index in [1.54, 1.807) is 0 Å². The number of hydrogen-bond donors (Lipinski definition) is 2. The Labute approximate surface area is 96.0 Å². The minimum Gasteiger partial charge on any atom is -0.392 e. The van der Waals surface area contributed by atoms with Gasteiger partial charge in [-0.05, 0) is 23.2 Å². The van der Waals surface area contributed by atoms with E-state index in [0.717, 1.165) is 6.07 Å². The molecule has 6 nitrogen and oxygen atoms in total. The molecule has 17 heavy (non-hydrogen) atoms. The zero-order valence-corrected chi connectivity index (χ0v) is 8.72. The highest BCUT2D eigenvalue weighted by Crippen LogP contribution is 2.16. The molecule has 0 radical (unpaired) electrons. The molecule has 0 aromatic heterocycles. The molecule has 0 atom stereocenters. The first kappa shape index (κ1) is 12.7. The van der Waals surface area contributed by atoms with E-state index in [9.17, 15) is 9.18 Å². The average Bonchev–Trinajstić information content (AvgIpc) is 2.31. The summed E-state index contributed by atoms with van der Waals surface area (Å²) in [5, 5.41) is 14.0. The first-order valence-corrected chi connectivity index (χ1v) is 4.53. The van der Waals surface area contributed by atoms with E-state index in [4.69, 9.17) is 10.6 Å². The lowest BCUT2D eigenvalue weighted by atomic mass is 10.2. The van der Waals surface area contributed by atoms with E-state index in [1.165, 1.54) is 12.1 Å². The van der Waals surface area contributed by atoms with Gasteiger partial charge in [0.05, 0.1) is 18.0 Å². The molecular formula is C10H9FN4O2. The molecule has 0 saturated heterocycles. The van der Waals surface area contributed by atoms with Crippen LogP contribution in [-0.2, 0) is 11.4 Å². The molecule has 0 heterocycles. The van der Waals surface area contributed by atoms with Crippen molar-refractivity contribution in [3.8, 4) is 0 Å². The Kier molecular flexibility index (Phi) is 4.21. The van der Waals surface area contributed by atoms with Gasteiger partial charge in [0.15, 0.2) is 0 Å². The molecule has 1 amide bonds. The summed E-state index contributed by atoms with van der Waals surface area (Å²) in [5.74, 6) is -1.49. The summed E-state index contributed by atoms with van der Waals surface area (Å²) in [6, 6.07) is 3.84.